The monoisotopic (exact) mass is 416 g/mol. The third kappa shape index (κ3) is 3.88. The van der Waals surface area contributed by atoms with E-state index in [0.29, 0.717) is 16.9 Å². The number of nitro benzene ring substituents is 2. The lowest BCUT2D eigenvalue weighted by Gasteiger charge is -2.11. The first-order chi connectivity index (χ1) is 14.8. The van der Waals surface area contributed by atoms with Crippen molar-refractivity contribution in [2.75, 3.05) is 0 Å². The summed E-state index contributed by atoms with van der Waals surface area (Å²) in [5.41, 5.74) is 2.26. The topological polar surface area (TPSA) is 121 Å². The highest BCUT2D eigenvalue weighted by Gasteiger charge is 2.13. The molecule has 0 aliphatic carbocycles. The summed E-state index contributed by atoms with van der Waals surface area (Å²) in [7, 11) is 0. The Labute approximate surface area is 175 Å². The van der Waals surface area contributed by atoms with E-state index in [1.165, 1.54) is 34.9 Å². The molecule has 0 aliphatic heterocycles. The van der Waals surface area contributed by atoms with Gasteiger partial charge in [0.1, 0.15) is 5.82 Å². The Morgan fingerprint density at radius 2 is 1.55 bits per heavy atom. The zero-order valence-corrected chi connectivity index (χ0v) is 16.4. The minimum Gasteiger partial charge on any atom is -0.292 e. The van der Waals surface area contributed by atoms with Gasteiger partial charge in [0.15, 0.2) is 0 Å². The van der Waals surface area contributed by atoms with Gasteiger partial charge >= 0.3 is 0 Å². The third-order valence-electron chi connectivity index (χ3n) is 5.02. The van der Waals surface area contributed by atoms with Crippen LogP contribution in [0.25, 0.3) is 22.0 Å². The molecule has 4 aromatic rings. The summed E-state index contributed by atoms with van der Waals surface area (Å²) in [4.78, 5) is 38.4. The smallest absolute Gasteiger partial charge is 0.270 e. The Kier molecular flexibility index (Phi) is 5.00. The maximum atomic E-state index is 13.0. The zero-order valence-electron chi connectivity index (χ0n) is 16.4. The molecule has 1 heterocycles. The fourth-order valence-electron chi connectivity index (χ4n) is 3.40. The number of aromatic nitrogens is 2. The minimum atomic E-state index is -0.546. The predicted molar refractivity (Wildman–Crippen MR) is 115 cm³/mol. The molecular formula is C22H16N4O5. The van der Waals surface area contributed by atoms with Crippen molar-refractivity contribution in [1.29, 1.82) is 0 Å². The van der Waals surface area contributed by atoms with Crippen LogP contribution in [0.4, 0.5) is 11.4 Å². The molecule has 0 aliphatic rings. The maximum Gasteiger partial charge on any atom is 0.270 e. The van der Waals surface area contributed by atoms with Crippen LogP contribution in [0.15, 0.2) is 71.5 Å². The molecule has 0 spiro atoms. The largest absolute Gasteiger partial charge is 0.292 e. The van der Waals surface area contributed by atoms with Crippen LogP contribution in [0, 0.1) is 27.2 Å². The normalized spacial score (nSPS) is 10.9. The Bertz CT molecular complexity index is 1390. The summed E-state index contributed by atoms with van der Waals surface area (Å²) in [5, 5.41) is 22.2. The van der Waals surface area contributed by atoms with Crippen molar-refractivity contribution in [1.82, 2.24) is 9.55 Å². The Morgan fingerprint density at radius 1 is 0.871 bits per heavy atom. The summed E-state index contributed by atoms with van der Waals surface area (Å²) < 4.78 is 1.47. The molecule has 0 bridgehead atoms. The first-order valence-electron chi connectivity index (χ1n) is 9.33. The van der Waals surface area contributed by atoms with Gasteiger partial charge in [0, 0.05) is 24.3 Å². The molecule has 0 N–H and O–H groups in total. The number of hydrogen-bond acceptors (Lipinski definition) is 6. The van der Waals surface area contributed by atoms with Gasteiger partial charge in [-0.05, 0) is 29.7 Å². The van der Waals surface area contributed by atoms with Crippen molar-refractivity contribution >= 4 is 22.3 Å². The molecule has 154 valence electrons. The van der Waals surface area contributed by atoms with E-state index in [2.05, 4.69) is 4.98 Å². The lowest BCUT2D eigenvalue weighted by molar-refractivity contribution is -0.384. The molecular weight excluding hydrogens is 400 g/mol. The number of nitrogens with zero attached hydrogens (tertiary/aromatic N) is 4. The first kappa shape index (κ1) is 19.9. The van der Waals surface area contributed by atoms with Gasteiger partial charge in [-0.1, -0.05) is 36.4 Å². The minimum absolute atomic E-state index is 0.0140. The van der Waals surface area contributed by atoms with Crippen LogP contribution in [0.2, 0.25) is 0 Å². The van der Waals surface area contributed by atoms with Crippen molar-refractivity contribution < 1.29 is 9.85 Å². The van der Waals surface area contributed by atoms with Crippen LogP contribution in [-0.2, 0) is 6.54 Å². The van der Waals surface area contributed by atoms with Crippen molar-refractivity contribution in [2.24, 2.45) is 0 Å². The third-order valence-corrected chi connectivity index (χ3v) is 5.02. The molecule has 0 fully saturated rings. The fourth-order valence-corrected chi connectivity index (χ4v) is 3.40. The van der Waals surface area contributed by atoms with Crippen LogP contribution in [0.1, 0.15) is 11.4 Å². The molecule has 9 heteroatoms. The SMILES string of the molecule is Cc1nc2ccc([N+](=O)[O-])cc2c(=O)n1Cc1ccc(-c2cccc([N+](=O)[O-])c2)cc1. The van der Waals surface area contributed by atoms with E-state index in [0.717, 1.165) is 11.1 Å². The lowest BCUT2D eigenvalue weighted by atomic mass is 10.0. The first-order valence-corrected chi connectivity index (χ1v) is 9.33. The summed E-state index contributed by atoms with van der Waals surface area (Å²) in [6.07, 6.45) is 0. The second-order valence-corrected chi connectivity index (χ2v) is 7.01. The molecule has 0 radical (unpaired) electrons. The van der Waals surface area contributed by atoms with Crippen molar-refractivity contribution in [3.63, 3.8) is 0 Å². The Morgan fingerprint density at radius 3 is 2.23 bits per heavy atom. The molecule has 0 saturated heterocycles. The molecule has 1 aromatic heterocycles. The number of benzene rings is 3. The summed E-state index contributed by atoms with van der Waals surface area (Å²) in [5.74, 6) is 0.495. The number of rotatable bonds is 5. The van der Waals surface area contributed by atoms with E-state index in [-0.39, 0.29) is 28.9 Å². The highest BCUT2D eigenvalue weighted by molar-refractivity contribution is 5.80. The number of aryl methyl sites for hydroxylation is 1. The van der Waals surface area contributed by atoms with Gasteiger partial charge in [0.05, 0.1) is 27.3 Å². The van der Waals surface area contributed by atoms with E-state index < -0.39 is 9.85 Å². The van der Waals surface area contributed by atoms with Crippen LogP contribution in [0.3, 0.4) is 0 Å². The number of nitro groups is 2. The van der Waals surface area contributed by atoms with Crippen LogP contribution < -0.4 is 5.56 Å². The number of non-ortho nitro benzene ring substituents is 2. The number of hydrogen-bond donors (Lipinski definition) is 0. The summed E-state index contributed by atoms with van der Waals surface area (Å²) >= 11 is 0. The van der Waals surface area contributed by atoms with Gasteiger partial charge in [0.25, 0.3) is 16.9 Å². The average molecular weight is 416 g/mol. The van der Waals surface area contributed by atoms with Gasteiger partial charge in [-0.15, -0.1) is 0 Å². The highest BCUT2D eigenvalue weighted by atomic mass is 16.6. The van der Waals surface area contributed by atoms with E-state index >= 15 is 0 Å². The molecule has 9 nitrogen and oxygen atoms in total. The second-order valence-electron chi connectivity index (χ2n) is 7.01. The molecule has 4 rings (SSSR count). The van der Waals surface area contributed by atoms with Crippen molar-refractivity contribution in [3.8, 4) is 11.1 Å². The number of fused-ring (bicyclic) bond motifs is 1. The van der Waals surface area contributed by atoms with Crippen molar-refractivity contribution in [2.45, 2.75) is 13.5 Å². The summed E-state index contributed by atoms with van der Waals surface area (Å²) in [6, 6.07) is 17.7. The van der Waals surface area contributed by atoms with E-state index in [1.54, 1.807) is 19.1 Å². The molecule has 3 aromatic carbocycles. The van der Waals surface area contributed by atoms with E-state index in [1.807, 2.05) is 24.3 Å². The van der Waals surface area contributed by atoms with Crippen LogP contribution in [0.5, 0.6) is 0 Å². The molecule has 0 saturated carbocycles. The van der Waals surface area contributed by atoms with Crippen LogP contribution >= 0.6 is 0 Å². The summed E-state index contributed by atoms with van der Waals surface area (Å²) in [6.45, 7) is 1.95. The highest BCUT2D eigenvalue weighted by Crippen LogP contribution is 2.24. The predicted octanol–water partition coefficient (Wildman–Crippen LogP) is 4.24. The van der Waals surface area contributed by atoms with Crippen molar-refractivity contribution in [3.05, 3.63) is 109 Å². The second kappa shape index (κ2) is 7.79. The molecule has 0 atom stereocenters. The molecule has 31 heavy (non-hydrogen) atoms. The van der Waals surface area contributed by atoms with Gasteiger partial charge in [-0.25, -0.2) is 4.98 Å². The quantitative estimate of drug-likeness (QED) is 0.354. The Hall–Kier alpha value is -4.40. The zero-order chi connectivity index (χ0) is 22.1. The fraction of sp³-hybridized carbons (Fsp3) is 0.0909. The van der Waals surface area contributed by atoms with E-state index in [9.17, 15) is 25.0 Å². The Balaban J connectivity index is 1.68. The average Bonchev–Trinajstić information content (AvgIpc) is 2.77. The van der Waals surface area contributed by atoms with Gasteiger partial charge in [0.2, 0.25) is 0 Å². The van der Waals surface area contributed by atoms with Gasteiger partial charge in [-0.2, -0.15) is 0 Å². The van der Waals surface area contributed by atoms with Gasteiger partial charge < -0.3 is 0 Å². The molecule has 0 amide bonds. The van der Waals surface area contributed by atoms with Gasteiger partial charge in [-0.3, -0.25) is 29.6 Å². The van der Waals surface area contributed by atoms with Crippen LogP contribution in [-0.4, -0.2) is 19.4 Å². The standard InChI is InChI=1S/C22H16N4O5/c1-14-23-21-10-9-19(26(30)31)12-20(21)22(27)24(14)13-15-5-7-16(8-6-15)17-3-2-4-18(11-17)25(28)29/h2-12H,13H2,1H3. The maximum absolute atomic E-state index is 13.0. The lowest BCUT2D eigenvalue weighted by Crippen LogP contribution is -2.24. The van der Waals surface area contributed by atoms with E-state index in [4.69, 9.17) is 0 Å². The molecule has 0 unspecified atom stereocenters.